The number of pyridine rings is 1. The van der Waals surface area contributed by atoms with Crippen LogP contribution in [0, 0.1) is 6.92 Å². The number of carbonyl (C=O) groups excluding carboxylic acids is 1. The van der Waals surface area contributed by atoms with Crippen LogP contribution in [0.3, 0.4) is 0 Å². The van der Waals surface area contributed by atoms with Crippen LogP contribution in [0.4, 0.5) is 5.82 Å². The molecule has 26 heavy (non-hydrogen) atoms. The van der Waals surface area contributed by atoms with Gasteiger partial charge >= 0.3 is 0 Å². The lowest BCUT2D eigenvalue weighted by molar-refractivity contribution is 0.0945. The molecule has 3 rings (SSSR count). The summed E-state index contributed by atoms with van der Waals surface area (Å²) in [5.41, 5.74) is 2.18. The van der Waals surface area contributed by atoms with Crippen LogP contribution in [-0.2, 0) is 13.1 Å². The zero-order valence-electron chi connectivity index (χ0n) is 14.2. The van der Waals surface area contributed by atoms with E-state index in [0.717, 1.165) is 11.1 Å². The third-order valence-electron chi connectivity index (χ3n) is 3.66. The largest absolute Gasteiger partial charge is 0.366 e. The Morgan fingerprint density at radius 2 is 1.96 bits per heavy atom. The molecule has 3 aromatic rings. The minimum atomic E-state index is -0.264. The van der Waals surface area contributed by atoms with Crippen LogP contribution >= 0.6 is 11.6 Å². The summed E-state index contributed by atoms with van der Waals surface area (Å²) in [7, 11) is 0. The quantitative estimate of drug-likeness (QED) is 0.698. The molecule has 2 heterocycles. The molecule has 0 aliphatic carbocycles. The molecule has 1 aromatic carbocycles. The van der Waals surface area contributed by atoms with E-state index in [9.17, 15) is 4.79 Å². The zero-order valence-corrected chi connectivity index (χ0v) is 15.0. The van der Waals surface area contributed by atoms with Crippen LogP contribution in [0.5, 0.6) is 0 Å². The van der Waals surface area contributed by atoms with E-state index in [2.05, 4.69) is 25.6 Å². The summed E-state index contributed by atoms with van der Waals surface area (Å²) in [5.74, 6) is 0.824. The maximum Gasteiger partial charge on any atom is 0.270 e. The van der Waals surface area contributed by atoms with Crippen molar-refractivity contribution in [3.63, 3.8) is 0 Å². The lowest BCUT2D eigenvalue weighted by Gasteiger charge is -2.10. The van der Waals surface area contributed by atoms with Gasteiger partial charge in [-0.2, -0.15) is 0 Å². The number of benzene rings is 1. The van der Waals surface area contributed by atoms with Gasteiger partial charge in [-0.25, -0.2) is 9.97 Å². The average Bonchev–Trinajstić information content (AvgIpc) is 2.66. The summed E-state index contributed by atoms with van der Waals surface area (Å²) in [6.07, 6.45) is 3.40. The molecule has 0 fully saturated rings. The second-order valence-corrected chi connectivity index (χ2v) is 6.08. The maximum atomic E-state index is 12.4. The van der Waals surface area contributed by atoms with E-state index in [-0.39, 0.29) is 5.91 Å². The van der Waals surface area contributed by atoms with Gasteiger partial charge in [-0.05, 0) is 30.2 Å². The number of aromatic nitrogens is 3. The number of amides is 1. The maximum absolute atomic E-state index is 12.4. The van der Waals surface area contributed by atoms with Crippen molar-refractivity contribution in [1.29, 1.82) is 0 Å². The van der Waals surface area contributed by atoms with Crippen molar-refractivity contribution in [2.75, 3.05) is 5.32 Å². The molecule has 6 nitrogen and oxygen atoms in total. The molecule has 0 saturated carbocycles. The van der Waals surface area contributed by atoms with Crippen LogP contribution < -0.4 is 10.6 Å². The molecule has 0 unspecified atom stereocenters. The lowest BCUT2D eigenvalue weighted by atomic mass is 10.2. The van der Waals surface area contributed by atoms with Crippen molar-refractivity contribution >= 4 is 23.3 Å². The van der Waals surface area contributed by atoms with Gasteiger partial charge in [-0.15, -0.1) is 0 Å². The van der Waals surface area contributed by atoms with E-state index in [0.29, 0.717) is 35.4 Å². The number of nitrogens with zero attached hydrogens (tertiary/aromatic N) is 3. The van der Waals surface area contributed by atoms with Gasteiger partial charge in [0.15, 0.2) is 0 Å². The molecule has 0 bridgehead atoms. The molecule has 0 radical (unpaired) electrons. The first kappa shape index (κ1) is 17.8. The molecule has 132 valence electrons. The molecule has 7 heteroatoms. The third-order valence-corrected chi connectivity index (χ3v) is 4.03. The second-order valence-electron chi connectivity index (χ2n) is 5.67. The van der Waals surface area contributed by atoms with E-state index in [1.165, 1.54) is 0 Å². The first-order valence-corrected chi connectivity index (χ1v) is 8.49. The summed E-state index contributed by atoms with van der Waals surface area (Å²) >= 11 is 6.16. The molecule has 0 spiro atoms. The topological polar surface area (TPSA) is 79.8 Å². The fourth-order valence-electron chi connectivity index (χ4n) is 2.38. The van der Waals surface area contributed by atoms with Crippen LogP contribution in [-0.4, -0.2) is 20.9 Å². The van der Waals surface area contributed by atoms with Crippen LogP contribution in [0.15, 0.2) is 54.9 Å². The molecule has 2 N–H and O–H groups in total. The van der Waals surface area contributed by atoms with E-state index < -0.39 is 0 Å². The minimum absolute atomic E-state index is 0.264. The molecule has 0 aliphatic heterocycles. The monoisotopic (exact) mass is 367 g/mol. The zero-order chi connectivity index (χ0) is 18.4. The van der Waals surface area contributed by atoms with Crippen LogP contribution in [0.2, 0.25) is 5.02 Å². The van der Waals surface area contributed by atoms with Gasteiger partial charge in [0.05, 0.1) is 0 Å². The number of hydrogen-bond acceptors (Lipinski definition) is 5. The van der Waals surface area contributed by atoms with E-state index >= 15 is 0 Å². The number of hydrogen-bond donors (Lipinski definition) is 2. The first-order valence-electron chi connectivity index (χ1n) is 8.12. The number of anilines is 1. The standard InChI is InChI=1S/C19H18ClN5O/c1-13-24-17(19(26)23-11-14-5-4-8-21-10-14)9-18(25-13)22-12-15-6-2-3-7-16(15)20/h2-10H,11-12H2,1H3,(H,23,26)(H,22,24,25). The Morgan fingerprint density at radius 1 is 1.12 bits per heavy atom. The minimum Gasteiger partial charge on any atom is -0.366 e. The Morgan fingerprint density at radius 3 is 2.73 bits per heavy atom. The van der Waals surface area contributed by atoms with Crippen molar-refractivity contribution in [3.8, 4) is 0 Å². The van der Waals surface area contributed by atoms with Crippen LogP contribution in [0.1, 0.15) is 27.4 Å². The SMILES string of the molecule is Cc1nc(NCc2ccccc2Cl)cc(C(=O)NCc2cccnc2)n1. The number of rotatable bonds is 6. The molecular weight excluding hydrogens is 350 g/mol. The molecule has 1 amide bonds. The van der Waals surface area contributed by atoms with Crippen molar-refractivity contribution in [1.82, 2.24) is 20.3 Å². The second kappa shape index (κ2) is 8.40. The summed E-state index contributed by atoms with van der Waals surface area (Å²) < 4.78 is 0. The van der Waals surface area contributed by atoms with Crippen molar-refractivity contribution in [2.24, 2.45) is 0 Å². The highest BCUT2D eigenvalue weighted by Gasteiger charge is 2.11. The summed E-state index contributed by atoms with van der Waals surface area (Å²) in [4.78, 5) is 24.9. The highest BCUT2D eigenvalue weighted by Crippen LogP contribution is 2.16. The molecule has 0 saturated heterocycles. The van der Waals surface area contributed by atoms with Gasteiger partial charge in [0, 0.05) is 36.6 Å². The lowest BCUT2D eigenvalue weighted by Crippen LogP contribution is -2.24. The van der Waals surface area contributed by atoms with Gasteiger partial charge in [0.25, 0.3) is 5.91 Å². The molecule has 0 aliphatic rings. The summed E-state index contributed by atoms with van der Waals surface area (Å²) in [6, 6.07) is 12.9. The van der Waals surface area contributed by atoms with Crippen molar-refractivity contribution in [3.05, 3.63) is 82.5 Å². The van der Waals surface area contributed by atoms with Crippen molar-refractivity contribution in [2.45, 2.75) is 20.0 Å². The van der Waals surface area contributed by atoms with Crippen molar-refractivity contribution < 1.29 is 4.79 Å². The van der Waals surface area contributed by atoms with E-state index in [4.69, 9.17) is 11.6 Å². The van der Waals surface area contributed by atoms with Gasteiger partial charge < -0.3 is 10.6 Å². The van der Waals surface area contributed by atoms with Gasteiger partial charge in [0.2, 0.25) is 0 Å². The van der Waals surface area contributed by atoms with E-state index in [1.807, 2.05) is 36.4 Å². The molecule has 2 aromatic heterocycles. The van der Waals surface area contributed by atoms with Gasteiger partial charge in [-0.3, -0.25) is 9.78 Å². The predicted octanol–water partition coefficient (Wildman–Crippen LogP) is 3.38. The summed E-state index contributed by atoms with van der Waals surface area (Å²) in [6.45, 7) is 2.64. The Labute approximate surface area is 156 Å². The highest BCUT2D eigenvalue weighted by molar-refractivity contribution is 6.31. The number of carbonyl (C=O) groups is 1. The normalized spacial score (nSPS) is 10.4. The Balaban J connectivity index is 1.67. The number of halogens is 1. The fourth-order valence-corrected chi connectivity index (χ4v) is 2.58. The number of nitrogens with one attached hydrogen (secondary N) is 2. The predicted molar refractivity (Wildman–Crippen MR) is 101 cm³/mol. The summed E-state index contributed by atoms with van der Waals surface area (Å²) in [5, 5.41) is 6.70. The third kappa shape index (κ3) is 4.77. The Hall–Kier alpha value is -2.99. The van der Waals surface area contributed by atoms with Gasteiger partial charge in [-0.1, -0.05) is 35.9 Å². The Kier molecular flexibility index (Phi) is 5.76. The highest BCUT2D eigenvalue weighted by atomic mass is 35.5. The van der Waals surface area contributed by atoms with E-state index in [1.54, 1.807) is 25.4 Å². The fraction of sp³-hybridized carbons (Fsp3) is 0.158. The smallest absolute Gasteiger partial charge is 0.270 e. The van der Waals surface area contributed by atoms with Gasteiger partial charge in [0.1, 0.15) is 17.3 Å². The number of aryl methyl sites for hydroxylation is 1. The molecular formula is C19H18ClN5O. The first-order chi connectivity index (χ1) is 12.6. The Bertz CT molecular complexity index is 901. The molecule has 0 atom stereocenters. The average molecular weight is 368 g/mol. The van der Waals surface area contributed by atoms with Crippen LogP contribution in [0.25, 0.3) is 0 Å².